The summed E-state index contributed by atoms with van der Waals surface area (Å²) in [5, 5.41) is 8.45. The first-order valence-corrected chi connectivity index (χ1v) is 12.2. The predicted molar refractivity (Wildman–Crippen MR) is 126 cm³/mol. The van der Waals surface area contributed by atoms with Crippen LogP contribution in [0, 0.1) is 5.92 Å². The highest BCUT2D eigenvalue weighted by Gasteiger charge is 2.40. The number of nitrogens with one attached hydrogen (secondary N) is 3. The number of amides is 2. The molecule has 4 rings (SSSR count). The second-order valence-electron chi connectivity index (χ2n) is 8.32. The fraction of sp³-hybridized carbons (Fsp3) is 0.391. The van der Waals surface area contributed by atoms with Gasteiger partial charge in [0, 0.05) is 30.7 Å². The van der Waals surface area contributed by atoms with E-state index in [0.29, 0.717) is 6.54 Å². The standard InChI is InChI=1S/C23H24ClF3N4O2S/c24-15-6-7-19(17(10-15)23(25,26)27)28-20(32)13-34-22-29-18-8-9-31(12-16(18)21(33)30-22)11-14-4-2-1-3-5-14/h1-7,10,16,18,22,29H,8-9,11-13H2,(H,28,32)(H,30,33). The molecule has 2 aliphatic heterocycles. The molecule has 2 fully saturated rings. The van der Waals surface area contributed by atoms with E-state index in [4.69, 9.17) is 11.6 Å². The van der Waals surface area contributed by atoms with Gasteiger partial charge in [-0.3, -0.25) is 19.8 Å². The lowest BCUT2D eigenvalue weighted by atomic mass is 9.89. The Kier molecular flexibility index (Phi) is 7.71. The third-order valence-electron chi connectivity index (χ3n) is 5.86. The Labute approximate surface area is 204 Å². The van der Waals surface area contributed by atoms with Crippen molar-refractivity contribution in [2.24, 2.45) is 5.92 Å². The maximum Gasteiger partial charge on any atom is 0.418 e. The lowest BCUT2D eigenvalue weighted by Crippen LogP contribution is -2.64. The van der Waals surface area contributed by atoms with Crippen LogP contribution >= 0.6 is 23.4 Å². The number of benzene rings is 2. The summed E-state index contributed by atoms with van der Waals surface area (Å²) in [6.07, 6.45) is -3.86. The first kappa shape index (κ1) is 24.8. The second-order valence-corrected chi connectivity index (χ2v) is 9.85. The number of alkyl halides is 3. The maximum atomic E-state index is 13.2. The third kappa shape index (κ3) is 6.24. The molecule has 6 nitrogen and oxygen atoms in total. The van der Waals surface area contributed by atoms with Crippen molar-refractivity contribution < 1.29 is 22.8 Å². The molecule has 2 aliphatic rings. The van der Waals surface area contributed by atoms with Crippen LogP contribution in [0.15, 0.2) is 48.5 Å². The van der Waals surface area contributed by atoms with Crippen molar-refractivity contribution >= 4 is 40.9 Å². The van der Waals surface area contributed by atoms with Gasteiger partial charge in [-0.05, 0) is 30.2 Å². The molecule has 3 N–H and O–H groups in total. The minimum atomic E-state index is -4.65. The molecule has 11 heteroatoms. The minimum absolute atomic E-state index is 0.0190. The molecule has 0 bridgehead atoms. The molecule has 34 heavy (non-hydrogen) atoms. The summed E-state index contributed by atoms with van der Waals surface area (Å²) >= 11 is 6.80. The first-order chi connectivity index (χ1) is 16.2. The van der Waals surface area contributed by atoms with Crippen LogP contribution in [0.1, 0.15) is 17.5 Å². The molecule has 2 aromatic carbocycles. The van der Waals surface area contributed by atoms with Crippen LogP contribution < -0.4 is 16.0 Å². The Morgan fingerprint density at radius 3 is 2.71 bits per heavy atom. The highest BCUT2D eigenvalue weighted by atomic mass is 35.5. The van der Waals surface area contributed by atoms with E-state index in [9.17, 15) is 22.8 Å². The average molecular weight is 513 g/mol. The van der Waals surface area contributed by atoms with Crippen molar-refractivity contribution in [2.45, 2.75) is 30.7 Å². The van der Waals surface area contributed by atoms with Gasteiger partial charge in [0.2, 0.25) is 11.8 Å². The van der Waals surface area contributed by atoms with Gasteiger partial charge in [-0.1, -0.05) is 41.9 Å². The highest BCUT2D eigenvalue weighted by Crippen LogP contribution is 2.36. The number of anilines is 1. The van der Waals surface area contributed by atoms with Crippen molar-refractivity contribution in [1.82, 2.24) is 15.5 Å². The van der Waals surface area contributed by atoms with Gasteiger partial charge in [0.15, 0.2) is 0 Å². The molecule has 0 radical (unpaired) electrons. The normalized spacial score (nSPS) is 23.2. The SMILES string of the molecule is O=C(CSC1NC(=O)C2CN(Cc3ccccc3)CCC2N1)Nc1ccc(Cl)cc1C(F)(F)F. The lowest BCUT2D eigenvalue weighted by Gasteiger charge is -2.43. The number of carbonyl (C=O) groups excluding carboxylic acids is 2. The summed E-state index contributed by atoms with van der Waals surface area (Å²) < 4.78 is 39.7. The van der Waals surface area contributed by atoms with Crippen molar-refractivity contribution in [1.29, 1.82) is 0 Å². The van der Waals surface area contributed by atoms with Crippen molar-refractivity contribution in [3.63, 3.8) is 0 Å². The van der Waals surface area contributed by atoms with Gasteiger partial charge < -0.3 is 10.6 Å². The number of hydrogen-bond acceptors (Lipinski definition) is 5. The fourth-order valence-corrected chi connectivity index (χ4v) is 5.27. The minimum Gasteiger partial charge on any atom is -0.331 e. The van der Waals surface area contributed by atoms with Gasteiger partial charge in [0.25, 0.3) is 0 Å². The molecule has 2 aromatic rings. The molecule has 0 aromatic heterocycles. The number of fused-ring (bicyclic) bond motifs is 1. The molecule has 2 saturated heterocycles. The van der Waals surface area contributed by atoms with Gasteiger partial charge in [0.05, 0.1) is 22.9 Å². The number of thioether (sulfide) groups is 1. The van der Waals surface area contributed by atoms with Crippen LogP contribution in [-0.2, 0) is 22.3 Å². The zero-order valence-corrected chi connectivity index (χ0v) is 19.6. The maximum absolute atomic E-state index is 13.2. The molecule has 2 heterocycles. The largest absolute Gasteiger partial charge is 0.418 e. The van der Waals surface area contributed by atoms with Crippen LogP contribution in [0.3, 0.4) is 0 Å². The van der Waals surface area contributed by atoms with Crippen molar-refractivity contribution in [2.75, 3.05) is 24.2 Å². The van der Waals surface area contributed by atoms with Gasteiger partial charge in [-0.2, -0.15) is 13.2 Å². The van der Waals surface area contributed by atoms with Crippen LogP contribution in [0.2, 0.25) is 5.02 Å². The van der Waals surface area contributed by atoms with Crippen molar-refractivity contribution in [3.05, 3.63) is 64.7 Å². The zero-order valence-electron chi connectivity index (χ0n) is 18.1. The van der Waals surface area contributed by atoms with Gasteiger partial charge in [-0.15, -0.1) is 11.8 Å². The molecular formula is C23H24ClF3N4O2S. The molecule has 0 saturated carbocycles. The Hall–Kier alpha value is -2.27. The summed E-state index contributed by atoms with van der Waals surface area (Å²) in [5.74, 6) is -1.02. The summed E-state index contributed by atoms with van der Waals surface area (Å²) in [6, 6.07) is 13.2. The van der Waals surface area contributed by atoms with E-state index in [1.807, 2.05) is 18.2 Å². The lowest BCUT2D eigenvalue weighted by molar-refractivity contribution is -0.137. The van der Waals surface area contributed by atoms with Crippen LogP contribution in [-0.4, -0.2) is 47.1 Å². The number of hydrogen-bond donors (Lipinski definition) is 3. The monoisotopic (exact) mass is 512 g/mol. The van der Waals surface area contributed by atoms with E-state index in [2.05, 4.69) is 33.0 Å². The molecule has 2 amide bonds. The summed E-state index contributed by atoms with van der Waals surface area (Å²) in [4.78, 5) is 27.3. The van der Waals surface area contributed by atoms with E-state index in [0.717, 1.165) is 43.4 Å². The number of nitrogens with zero attached hydrogens (tertiary/aromatic N) is 1. The third-order valence-corrected chi connectivity index (χ3v) is 7.11. The quantitative estimate of drug-likeness (QED) is 0.547. The molecule has 3 unspecified atom stereocenters. The van der Waals surface area contributed by atoms with E-state index >= 15 is 0 Å². The Bertz CT molecular complexity index is 1040. The number of carbonyl (C=O) groups is 2. The Balaban J connectivity index is 1.28. The molecule has 0 aliphatic carbocycles. The topological polar surface area (TPSA) is 73.5 Å². The summed E-state index contributed by atoms with van der Waals surface area (Å²) in [7, 11) is 0. The summed E-state index contributed by atoms with van der Waals surface area (Å²) in [6.45, 7) is 2.25. The number of halogens is 4. The highest BCUT2D eigenvalue weighted by molar-refractivity contribution is 8.00. The second kappa shape index (κ2) is 10.6. The van der Waals surface area contributed by atoms with E-state index in [-0.39, 0.29) is 34.3 Å². The zero-order chi connectivity index (χ0) is 24.3. The number of likely N-dealkylation sites (tertiary alicyclic amines) is 1. The predicted octanol–water partition coefficient (Wildman–Crippen LogP) is 3.92. The van der Waals surface area contributed by atoms with Crippen LogP contribution in [0.25, 0.3) is 0 Å². The van der Waals surface area contributed by atoms with Gasteiger partial charge >= 0.3 is 6.18 Å². The molecule has 3 atom stereocenters. The Morgan fingerprint density at radius 1 is 1.21 bits per heavy atom. The number of rotatable bonds is 6. The fourth-order valence-electron chi connectivity index (χ4n) is 4.24. The van der Waals surface area contributed by atoms with Gasteiger partial charge in [-0.25, -0.2) is 0 Å². The Morgan fingerprint density at radius 2 is 1.97 bits per heavy atom. The average Bonchev–Trinajstić information content (AvgIpc) is 2.79. The molecular weight excluding hydrogens is 489 g/mol. The summed E-state index contributed by atoms with van der Waals surface area (Å²) in [5.41, 5.74) is -0.659. The molecule has 0 spiro atoms. The van der Waals surface area contributed by atoms with E-state index in [1.54, 1.807) is 0 Å². The van der Waals surface area contributed by atoms with E-state index < -0.39 is 23.1 Å². The van der Waals surface area contributed by atoms with Gasteiger partial charge in [0.1, 0.15) is 5.50 Å². The first-order valence-electron chi connectivity index (χ1n) is 10.8. The van der Waals surface area contributed by atoms with Crippen LogP contribution in [0.4, 0.5) is 18.9 Å². The van der Waals surface area contributed by atoms with Crippen molar-refractivity contribution in [3.8, 4) is 0 Å². The molecule has 182 valence electrons. The number of piperidine rings is 1. The van der Waals surface area contributed by atoms with E-state index in [1.165, 1.54) is 11.6 Å². The van der Waals surface area contributed by atoms with Crippen LogP contribution in [0.5, 0.6) is 0 Å². The smallest absolute Gasteiger partial charge is 0.331 e.